The number of fused-ring (bicyclic) bond motifs is 3. The van der Waals surface area contributed by atoms with Gasteiger partial charge in [0, 0.05) is 18.7 Å². The lowest BCUT2D eigenvalue weighted by atomic mass is 9.98. The smallest absolute Gasteiger partial charge is 0.411 e. The van der Waals surface area contributed by atoms with Crippen LogP contribution in [0.15, 0.2) is 72.8 Å². The van der Waals surface area contributed by atoms with Crippen molar-refractivity contribution in [2.45, 2.75) is 12.3 Å². The van der Waals surface area contributed by atoms with Crippen LogP contribution < -0.4 is 5.32 Å². The van der Waals surface area contributed by atoms with Crippen LogP contribution in [0.25, 0.3) is 11.1 Å². The topological polar surface area (TPSA) is 95.9 Å². The largest absolute Gasteiger partial charge is 0.480 e. The lowest BCUT2D eigenvalue weighted by Crippen LogP contribution is -2.33. The molecule has 0 bridgehead atoms. The highest BCUT2D eigenvalue weighted by Gasteiger charge is 2.29. The number of hydrogen-bond acceptors (Lipinski definition) is 4. The maximum atomic E-state index is 12.5. The molecule has 0 aliphatic heterocycles. The number of amides is 2. The van der Waals surface area contributed by atoms with Crippen molar-refractivity contribution in [3.05, 3.63) is 89.5 Å². The first-order valence-electron chi connectivity index (χ1n) is 10.6. The van der Waals surface area contributed by atoms with Gasteiger partial charge in [0.1, 0.15) is 13.2 Å². The molecule has 0 saturated heterocycles. The number of ether oxygens (including phenoxy) is 1. The maximum Gasteiger partial charge on any atom is 0.411 e. The third-order valence-electron chi connectivity index (χ3n) is 5.67. The molecule has 0 aromatic heterocycles. The number of anilines is 1. The molecule has 4 rings (SSSR count). The Morgan fingerprint density at radius 1 is 0.939 bits per heavy atom. The van der Waals surface area contributed by atoms with Gasteiger partial charge in [-0.15, -0.1) is 0 Å². The minimum absolute atomic E-state index is 0.0307. The van der Waals surface area contributed by atoms with E-state index in [0.717, 1.165) is 27.2 Å². The van der Waals surface area contributed by atoms with Gasteiger partial charge in [-0.25, -0.2) is 4.79 Å². The molecule has 0 atom stereocenters. The number of rotatable bonds is 7. The zero-order valence-corrected chi connectivity index (χ0v) is 18.2. The summed E-state index contributed by atoms with van der Waals surface area (Å²) < 4.78 is 5.56. The number of benzene rings is 3. The van der Waals surface area contributed by atoms with E-state index >= 15 is 0 Å². The summed E-state index contributed by atoms with van der Waals surface area (Å²) in [6.45, 7) is -0.158. The van der Waals surface area contributed by atoms with Crippen molar-refractivity contribution >= 4 is 23.7 Å². The third kappa shape index (κ3) is 5.03. The third-order valence-corrected chi connectivity index (χ3v) is 5.67. The first-order chi connectivity index (χ1) is 15.9. The predicted octanol–water partition coefficient (Wildman–Crippen LogP) is 4.13. The Balaban J connectivity index is 1.38. The number of likely N-dealkylation sites (N-methyl/N-ethyl adjacent to an activating group) is 1. The molecule has 0 unspecified atom stereocenters. The number of carbonyl (C=O) groups is 3. The van der Waals surface area contributed by atoms with Crippen molar-refractivity contribution in [2.75, 3.05) is 25.5 Å². The average molecular weight is 444 g/mol. The van der Waals surface area contributed by atoms with Crippen molar-refractivity contribution in [3.63, 3.8) is 0 Å². The fourth-order valence-corrected chi connectivity index (χ4v) is 4.11. The van der Waals surface area contributed by atoms with Crippen molar-refractivity contribution in [2.24, 2.45) is 0 Å². The molecular weight excluding hydrogens is 420 g/mol. The van der Waals surface area contributed by atoms with Gasteiger partial charge in [0.05, 0.1) is 6.42 Å². The van der Waals surface area contributed by atoms with Crippen molar-refractivity contribution in [1.29, 1.82) is 0 Å². The Labute approximate surface area is 191 Å². The Hall–Kier alpha value is -4.13. The minimum Gasteiger partial charge on any atom is -0.480 e. The number of carboxylic acid groups (broad SMARTS) is 1. The Kier molecular flexibility index (Phi) is 6.40. The standard InChI is InChI=1S/C26H24N2O5/c1-28(15-25(30)31)24(29)14-17-7-6-8-18(13-17)27-26(32)33-16-23-21-11-4-2-9-19(21)20-10-3-5-12-22(20)23/h2-13,23H,14-16H2,1H3,(H,27,32)(H,30,31). The SMILES string of the molecule is CN(CC(=O)O)C(=O)Cc1cccc(NC(=O)OCC2c3ccccc3-c3ccccc32)c1. The van der Waals surface area contributed by atoms with Crippen LogP contribution in [-0.2, 0) is 20.7 Å². The van der Waals surface area contributed by atoms with Crippen LogP contribution in [0.1, 0.15) is 22.6 Å². The molecule has 7 nitrogen and oxygen atoms in total. The summed E-state index contributed by atoms with van der Waals surface area (Å²) in [6.07, 6.45) is -0.549. The van der Waals surface area contributed by atoms with Gasteiger partial charge in [0.25, 0.3) is 0 Å². The molecule has 168 valence electrons. The van der Waals surface area contributed by atoms with Crippen LogP contribution in [0.4, 0.5) is 10.5 Å². The summed E-state index contributed by atoms with van der Waals surface area (Å²) in [6, 6.07) is 23.1. The van der Waals surface area contributed by atoms with Gasteiger partial charge in [0.2, 0.25) is 5.91 Å². The van der Waals surface area contributed by atoms with Crippen LogP contribution in [0.2, 0.25) is 0 Å². The molecule has 0 heterocycles. The molecule has 7 heteroatoms. The van der Waals surface area contributed by atoms with Crippen LogP contribution >= 0.6 is 0 Å². The number of nitrogens with one attached hydrogen (secondary N) is 1. The lowest BCUT2D eigenvalue weighted by Gasteiger charge is -2.16. The fourth-order valence-electron chi connectivity index (χ4n) is 4.11. The highest BCUT2D eigenvalue weighted by Crippen LogP contribution is 2.44. The molecule has 2 amide bonds. The van der Waals surface area contributed by atoms with Crippen molar-refractivity contribution < 1.29 is 24.2 Å². The van der Waals surface area contributed by atoms with E-state index < -0.39 is 12.1 Å². The number of nitrogens with zero attached hydrogens (tertiary/aromatic N) is 1. The van der Waals surface area contributed by atoms with E-state index in [4.69, 9.17) is 9.84 Å². The van der Waals surface area contributed by atoms with E-state index in [1.54, 1.807) is 24.3 Å². The van der Waals surface area contributed by atoms with E-state index in [-0.39, 0.29) is 31.4 Å². The van der Waals surface area contributed by atoms with Gasteiger partial charge >= 0.3 is 12.1 Å². The Bertz CT molecular complexity index is 1160. The summed E-state index contributed by atoms with van der Waals surface area (Å²) in [7, 11) is 1.44. The molecule has 3 aromatic carbocycles. The number of aliphatic carboxylic acids is 1. The highest BCUT2D eigenvalue weighted by molar-refractivity contribution is 5.86. The molecule has 0 saturated carbocycles. The van der Waals surface area contributed by atoms with Gasteiger partial charge in [-0.1, -0.05) is 60.7 Å². The second kappa shape index (κ2) is 9.56. The quantitative estimate of drug-likeness (QED) is 0.571. The summed E-state index contributed by atoms with van der Waals surface area (Å²) in [5, 5.41) is 11.5. The second-order valence-electron chi connectivity index (χ2n) is 7.97. The molecular formula is C26H24N2O5. The Morgan fingerprint density at radius 3 is 2.21 bits per heavy atom. The molecule has 0 spiro atoms. The molecule has 0 radical (unpaired) electrons. The van der Waals surface area contributed by atoms with Gasteiger partial charge in [-0.3, -0.25) is 14.9 Å². The summed E-state index contributed by atoms with van der Waals surface area (Å²) in [5.74, 6) is -1.43. The van der Waals surface area contributed by atoms with E-state index in [0.29, 0.717) is 11.3 Å². The van der Waals surface area contributed by atoms with Gasteiger partial charge < -0.3 is 14.7 Å². The van der Waals surface area contributed by atoms with Crippen molar-refractivity contribution in [3.8, 4) is 11.1 Å². The maximum absolute atomic E-state index is 12.5. The van der Waals surface area contributed by atoms with E-state index in [2.05, 4.69) is 29.6 Å². The first-order valence-corrected chi connectivity index (χ1v) is 10.6. The molecule has 0 fully saturated rings. The zero-order valence-electron chi connectivity index (χ0n) is 18.2. The van der Waals surface area contributed by atoms with Gasteiger partial charge in [-0.2, -0.15) is 0 Å². The fraction of sp³-hybridized carbons (Fsp3) is 0.192. The number of carbonyl (C=O) groups excluding carboxylic acids is 2. The summed E-state index contributed by atoms with van der Waals surface area (Å²) in [5.41, 5.74) is 5.75. The molecule has 2 N–H and O–H groups in total. The number of carboxylic acids is 1. The minimum atomic E-state index is -1.07. The lowest BCUT2D eigenvalue weighted by molar-refractivity contribution is -0.143. The summed E-state index contributed by atoms with van der Waals surface area (Å²) in [4.78, 5) is 36.6. The molecule has 1 aliphatic carbocycles. The monoisotopic (exact) mass is 444 g/mol. The first kappa shape index (κ1) is 22.1. The molecule has 1 aliphatic rings. The normalized spacial score (nSPS) is 11.9. The molecule has 33 heavy (non-hydrogen) atoms. The van der Waals surface area contributed by atoms with Crippen LogP contribution in [0, 0.1) is 0 Å². The van der Waals surface area contributed by atoms with Crippen LogP contribution in [0.5, 0.6) is 0 Å². The van der Waals surface area contributed by atoms with Crippen LogP contribution in [-0.4, -0.2) is 48.2 Å². The van der Waals surface area contributed by atoms with Crippen molar-refractivity contribution in [1.82, 2.24) is 4.90 Å². The highest BCUT2D eigenvalue weighted by atomic mass is 16.5. The Morgan fingerprint density at radius 2 is 1.58 bits per heavy atom. The van der Waals surface area contributed by atoms with Gasteiger partial charge in [0.15, 0.2) is 0 Å². The van der Waals surface area contributed by atoms with E-state index in [9.17, 15) is 14.4 Å². The zero-order chi connectivity index (χ0) is 23.4. The van der Waals surface area contributed by atoms with E-state index in [1.165, 1.54) is 7.05 Å². The number of hydrogen-bond donors (Lipinski definition) is 2. The van der Waals surface area contributed by atoms with E-state index in [1.807, 2.05) is 24.3 Å². The van der Waals surface area contributed by atoms with Gasteiger partial charge in [-0.05, 0) is 39.9 Å². The predicted molar refractivity (Wildman–Crippen MR) is 124 cm³/mol. The second-order valence-corrected chi connectivity index (χ2v) is 7.97. The summed E-state index contributed by atoms with van der Waals surface area (Å²) >= 11 is 0. The average Bonchev–Trinajstić information content (AvgIpc) is 3.11. The van der Waals surface area contributed by atoms with Crippen LogP contribution in [0.3, 0.4) is 0 Å². The molecule has 3 aromatic rings.